The molecule has 0 spiro atoms. The van der Waals surface area contributed by atoms with Crippen molar-refractivity contribution in [2.24, 2.45) is 5.92 Å². The van der Waals surface area contributed by atoms with E-state index in [9.17, 15) is 17.6 Å². The molecule has 0 aliphatic carbocycles. The number of hydrogen-bond acceptors (Lipinski definition) is 4. The van der Waals surface area contributed by atoms with E-state index in [-0.39, 0.29) is 23.3 Å². The van der Waals surface area contributed by atoms with E-state index in [1.165, 1.54) is 6.07 Å². The van der Waals surface area contributed by atoms with E-state index in [0.717, 1.165) is 18.2 Å². The molecule has 0 saturated heterocycles. The first-order valence-electron chi connectivity index (χ1n) is 6.63. The molecule has 1 aromatic heterocycles. The number of benzene rings is 1. The molecule has 0 radical (unpaired) electrons. The molecule has 1 aromatic carbocycles. The summed E-state index contributed by atoms with van der Waals surface area (Å²) in [7, 11) is -4.14. The Balaban J connectivity index is 2.33. The van der Waals surface area contributed by atoms with Gasteiger partial charge in [0, 0.05) is 11.5 Å². The van der Waals surface area contributed by atoms with Crippen molar-refractivity contribution in [3.8, 4) is 0 Å². The monoisotopic (exact) mass is 329 g/mol. The minimum absolute atomic E-state index is 0.00595. The van der Waals surface area contributed by atoms with Crippen molar-refractivity contribution in [1.29, 1.82) is 0 Å². The fourth-order valence-corrected chi connectivity index (χ4v) is 3.21. The van der Waals surface area contributed by atoms with E-state index in [1.54, 1.807) is 13.8 Å². The van der Waals surface area contributed by atoms with Gasteiger partial charge in [-0.15, -0.1) is 0 Å². The van der Waals surface area contributed by atoms with E-state index in [1.807, 2.05) is 0 Å². The van der Waals surface area contributed by atoms with Gasteiger partial charge in [0.05, 0.1) is 0 Å². The van der Waals surface area contributed by atoms with Gasteiger partial charge in [-0.2, -0.15) is 4.72 Å². The zero-order chi connectivity index (χ0) is 16.5. The van der Waals surface area contributed by atoms with Gasteiger partial charge in [-0.1, -0.05) is 13.8 Å². The first-order valence-corrected chi connectivity index (χ1v) is 8.11. The third kappa shape index (κ3) is 3.63. The Kier molecular flexibility index (Phi) is 4.52. The third-order valence-corrected chi connectivity index (χ3v) is 4.35. The number of nitrogens with one attached hydrogen (secondary N) is 1. The molecule has 0 amide bonds. The zero-order valence-corrected chi connectivity index (χ0v) is 12.9. The molecule has 22 heavy (non-hydrogen) atoms. The first kappa shape index (κ1) is 16.4. The highest BCUT2D eigenvalue weighted by atomic mass is 32.2. The second-order valence-corrected chi connectivity index (χ2v) is 7.03. The predicted molar refractivity (Wildman–Crippen MR) is 77.4 cm³/mol. The van der Waals surface area contributed by atoms with E-state index in [4.69, 9.17) is 9.52 Å². The number of furan rings is 1. The molecule has 2 N–H and O–H groups in total. The van der Waals surface area contributed by atoms with Crippen molar-refractivity contribution in [3.63, 3.8) is 0 Å². The van der Waals surface area contributed by atoms with Crippen molar-refractivity contribution in [3.05, 3.63) is 30.1 Å². The number of carboxylic acid groups (broad SMARTS) is 1. The number of fused-ring (bicyclic) bond motifs is 1. The van der Waals surface area contributed by atoms with Gasteiger partial charge < -0.3 is 9.52 Å². The van der Waals surface area contributed by atoms with Crippen LogP contribution in [-0.2, 0) is 14.8 Å². The lowest BCUT2D eigenvalue weighted by molar-refractivity contribution is -0.139. The molecule has 0 aliphatic rings. The summed E-state index contributed by atoms with van der Waals surface area (Å²) in [5.74, 6) is -1.79. The molecular weight excluding hydrogens is 313 g/mol. The fourth-order valence-electron chi connectivity index (χ4n) is 2.04. The van der Waals surface area contributed by atoms with E-state index >= 15 is 0 Å². The molecule has 1 heterocycles. The zero-order valence-electron chi connectivity index (χ0n) is 12.0. The van der Waals surface area contributed by atoms with Crippen molar-refractivity contribution in [2.75, 3.05) is 0 Å². The van der Waals surface area contributed by atoms with Crippen molar-refractivity contribution in [2.45, 2.75) is 31.4 Å². The van der Waals surface area contributed by atoms with Crippen LogP contribution in [0.3, 0.4) is 0 Å². The number of rotatable bonds is 6. The van der Waals surface area contributed by atoms with Gasteiger partial charge in [0.1, 0.15) is 17.4 Å². The SMILES string of the molecule is CC(C)CC(NS(=O)(=O)c1cc2cc(F)ccc2o1)C(=O)O. The van der Waals surface area contributed by atoms with Crippen LogP contribution in [0, 0.1) is 11.7 Å². The summed E-state index contributed by atoms with van der Waals surface area (Å²) in [5, 5.41) is 8.95. The lowest BCUT2D eigenvalue weighted by Crippen LogP contribution is -2.41. The first-order chi connectivity index (χ1) is 10.2. The molecule has 0 fully saturated rings. The van der Waals surface area contributed by atoms with E-state index in [2.05, 4.69) is 4.72 Å². The molecule has 1 unspecified atom stereocenters. The number of halogens is 1. The number of sulfonamides is 1. The molecule has 120 valence electrons. The minimum atomic E-state index is -4.14. The fraction of sp³-hybridized carbons (Fsp3) is 0.357. The quantitative estimate of drug-likeness (QED) is 0.848. The molecular formula is C14H16FNO5S. The van der Waals surface area contributed by atoms with E-state index in [0.29, 0.717) is 0 Å². The van der Waals surface area contributed by atoms with Crippen molar-refractivity contribution >= 4 is 27.0 Å². The number of hydrogen-bond donors (Lipinski definition) is 2. The Morgan fingerprint density at radius 1 is 1.36 bits per heavy atom. The number of carboxylic acids is 1. The minimum Gasteiger partial charge on any atom is -0.480 e. The number of carbonyl (C=O) groups is 1. The van der Waals surface area contributed by atoms with Gasteiger partial charge in [-0.3, -0.25) is 4.79 Å². The van der Waals surface area contributed by atoms with Crippen molar-refractivity contribution < 1.29 is 27.1 Å². The topological polar surface area (TPSA) is 96.6 Å². The van der Waals surface area contributed by atoms with Gasteiger partial charge in [-0.25, -0.2) is 12.8 Å². The Hall–Kier alpha value is -1.93. The maximum atomic E-state index is 13.1. The summed E-state index contributed by atoms with van der Waals surface area (Å²) in [4.78, 5) is 11.2. The van der Waals surface area contributed by atoms with Crippen LogP contribution in [0.1, 0.15) is 20.3 Å². The average molecular weight is 329 g/mol. The second-order valence-electron chi connectivity index (χ2n) is 5.39. The maximum Gasteiger partial charge on any atom is 0.321 e. The highest BCUT2D eigenvalue weighted by Crippen LogP contribution is 2.24. The molecule has 0 bridgehead atoms. The third-order valence-electron chi connectivity index (χ3n) is 3.02. The van der Waals surface area contributed by atoms with Gasteiger partial charge in [0.2, 0.25) is 5.09 Å². The molecule has 2 aromatic rings. The van der Waals surface area contributed by atoms with Crippen molar-refractivity contribution in [1.82, 2.24) is 4.72 Å². The molecule has 2 rings (SSSR count). The summed E-state index contributed by atoms with van der Waals surface area (Å²) in [6.45, 7) is 3.57. The largest absolute Gasteiger partial charge is 0.480 e. The predicted octanol–water partition coefficient (Wildman–Crippen LogP) is 2.35. The molecule has 8 heteroatoms. The molecule has 0 saturated carbocycles. The highest BCUT2D eigenvalue weighted by Gasteiger charge is 2.28. The lowest BCUT2D eigenvalue weighted by atomic mass is 10.1. The van der Waals surface area contributed by atoms with Gasteiger partial charge in [-0.05, 0) is 30.5 Å². The number of aliphatic carboxylic acids is 1. The summed E-state index contributed by atoms with van der Waals surface area (Å²) >= 11 is 0. The van der Waals surface area contributed by atoms with Crippen LogP contribution < -0.4 is 4.72 Å². The van der Waals surface area contributed by atoms with Gasteiger partial charge in [0.15, 0.2) is 0 Å². The van der Waals surface area contributed by atoms with E-state index < -0.39 is 32.9 Å². The van der Waals surface area contributed by atoms with Crippen LogP contribution in [0.4, 0.5) is 4.39 Å². The summed E-state index contributed by atoms with van der Waals surface area (Å²) in [6, 6.07) is 3.51. The standard InChI is InChI=1S/C14H16FNO5S/c1-8(2)5-11(14(17)18)16-22(19,20)13-7-9-6-10(15)3-4-12(9)21-13/h3-4,6-8,11,16H,5H2,1-2H3,(H,17,18). The molecule has 1 atom stereocenters. The Bertz CT molecular complexity index is 797. The Labute approximate surface area is 127 Å². The van der Waals surface area contributed by atoms with Crippen LogP contribution in [0.15, 0.2) is 33.8 Å². The lowest BCUT2D eigenvalue weighted by Gasteiger charge is -2.15. The van der Waals surface area contributed by atoms with Crippen LogP contribution >= 0.6 is 0 Å². The van der Waals surface area contributed by atoms with Crippen LogP contribution in [-0.4, -0.2) is 25.5 Å². The maximum absolute atomic E-state index is 13.1. The van der Waals surface area contributed by atoms with Crippen LogP contribution in [0.5, 0.6) is 0 Å². The normalized spacial score (nSPS) is 13.6. The summed E-state index contributed by atoms with van der Waals surface area (Å²) in [5.41, 5.74) is 0.206. The highest BCUT2D eigenvalue weighted by molar-refractivity contribution is 7.89. The van der Waals surface area contributed by atoms with Crippen LogP contribution in [0.25, 0.3) is 11.0 Å². The Morgan fingerprint density at radius 2 is 2.05 bits per heavy atom. The summed E-state index contributed by atoms with van der Waals surface area (Å²) in [6.07, 6.45) is 0.142. The van der Waals surface area contributed by atoms with Gasteiger partial charge in [0.25, 0.3) is 10.0 Å². The summed E-state index contributed by atoms with van der Waals surface area (Å²) < 4.78 is 44.8. The molecule has 0 aliphatic heterocycles. The second kappa shape index (κ2) is 6.05. The Morgan fingerprint density at radius 3 is 2.64 bits per heavy atom. The smallest absolute Gasteiger partial charge is 0.321 e. The van der Waals surface area contributed by atoms with Gasteiger partial charge >= 0.3 is 5.97 Å². The average Bonchev–Trinajstić information content (AvgIpc) is 2.80. The molecule has 6 nitrogen and oxygen atoms in total. The van der Waals surface area contributed by atoms with Crippen LogP contribution in [0.2, 0.25) is 0 Å².